The lowest BCUT2D eigenvalue weighted by molar-refractivity contribution is 0.0657. The Hall–Kier alpha value is -3.24. The van der Waals surface area contributed by atoms with Crippen molar-refractivity contribution in [2.24, 2.45) is 16.9 Å². The fourth-order valence-electron chi connectivity index (χ4n) is 7.42. The van der Waals surface area contributed by atoms with E-state index in [-0.39, 0.29) is 5.91 Å². The Bertz CT molecular complexity index is 1310. The Labute approximate surface area is 232 Å². The summed E-state index contributed by atoms with van der Waals surface area (Å²) in [6.07, 6.45) is 9.83. The number of carbonyl (C=O) groups excluding carboxylic acids is 1. The predicted molar refractivity (Wildman–Crippen MR) is 154 cm³/mol. The minimum atomic E-state index is 0.0561. The van der Waals surface area contributed by atoms with E-state index in [1.165, 1.54) is 25.7 Å². The number of aryl methyl sites for hydroxylation is 2. The number of piperidine rings is 1. The lowest BCUT2D eigenvalue weighted by Crippen LogP contribution is -2.44. The second-order valence-corrected chi connectivity index (χ2v) is 12.0. The third-order valence-electron chi connectivity index (χ3n) is 9.64. The van der Waals surface area contributed by atoms with Gasteiger partial charge in [-0.2, -0.15) is 10.4 Å². The molecule has 2 aliphatic carbocycles. The van der Waals surface area contributed by atoms with E-state index in [1.54, 1.807) is 0 Å². The van der Waals surface area contributed by atoms with Crippen molar-refractivity contribution in [2.75, 3.05) is 32.2 Å². The first-order valence-electron chi connectivity index (χ1n) is 14.8. The molecule has 204 valence electrons. The number of amides is 1. The third kappa shape index (κ3) is 4.74. The summed E-state index contributed by atoms with van der Waals surface area (Å²) < 4.78 is 0. The van der Waals surface area contributed by atoms with Crippen molar-refractivity contribution in [1.29, 1.82) is 5.26 Å². The predicted octanol–water partition coefficient (Wildman–Crippen LogP) is 5.03. The third-order valence-corrected chi connectivity index (χ3v) is 9.64. The second kappa shape index (κ2) is 10.7. The summed E-state index contributed by atoms with van der Waals surface area (Å²) in [6, 6.07) is 13.5. The van der Waals surface area contributed by atoms with E-state index in [0.29, 0.717) is 29.6 Å². The summed E-state index contributed by atoms with van der Waals surface area (Å²) in [5.74, 6) is 1.05. The maximum Gasteiger partial charge on any atom is 0.272 e. The second-order valence-electron chi connectivity index (χ2n) is 12.0. The molecule has 2 atom stereocenters. The molecule has 6 rings (SSSR count). The van der Waals surface area contributed by atoms with Crippen LogP contribution in [0.15, 0.2) is 35.4 Å². The quantitative estimate of drug-likeness (QED) is 0.549. The van der Waals surface area contributed by atoms with Crippen molar-refractivity contribution in [1.82, 2.24) is 14.8 Å². The molecule has 1 saturated heterocycles. The first-order chi connectivity index (χ1) is 19.0. The van der Waals surface area contributed by atoms with Gasteiger partial charge in [0.25, 0.3) is 5.91 Å². The van der Waals surface area contributed by atoms with E-state index in [4.69, 9.17) is 10.1 Å². The Balaban J connectivity index is 1.30. The zero-order valence-electron chi connectivity index (χ0n) is 23.6. The molecule has 1 saturated carbocycles. The molecular formula is C32H40N6O. The van der Waals surface area contributed by atoms with Crippen molar-refractivity contribution >= 4 is 17.3 Å². The van der Waals surface area contributed by atoms with Crippen LogP contribution in [0.3, 0.4) is 0 Å². The highest BCUT2D eigenvalue weighted by molar-refractivity contribution is 6.07. The molecule has 0 N–H and O–H groups in total. The number of anilines is 1. The average molecular weight is 525 g/mol. The number of hydrogen-bond acceptors (Lipinski definition) is 6. The summed E-state index contributed by atoms with van der Waals surface area (Å²) >= 11 is 0. The summed E-state index contributed by atoms with van der Waals surface area (Å²) in [5.41, 5.74) is 6.75. The standard InChI is InChI=1S/C32H40N6O/c1-4-21-19-25(10-9-23(21)20-33)38-31(22-7-5-6-8-22)27-12-13-28-26(30(27)35-38)11-14-29(34-28)32(39)37-17-15-24(16-18-37)36(2)3/h9-11,14,19,22,24,27,31H,4-8,12-13,15-18H2,1-3H3. The van der Waals surface area contributed by atoms with Gasteiger partial charge in [-0.05, 0) is 101 Å². The molecule has 39 heavy (non-hydrogen) atoms. The van der Waals surface area contributed by atoms with E-state index >= 15 is 0 Å². The first-order valence-corrected chi connectivity index (χ1v) is 14.8. The molecule has 0 radical (unpaired) electrons. The number of hydrogen-bond donors (Lipinski definition) is 0. The number of likely N-dealkylation sites (tertiary alicyclic amines) is 1. The lowest BCUT2D eigenvalue weighted by Gasteiger charge is -2.35. The molecule has 7 nitrogen and oxygen atoms in total. The monoisotopic (exact) mass is 524 g/mol. The van der Waals surface area contributed by atoms with Gasteiger partial charge in [0, 0.05) is 30.6 Å². The Morgan fingerprint density at radius 2 is 1.85 bits per heavy atom. The van der Waals surface area contributed by atoms with Crippen LogP contribution in [0.25, 0.3) is 0 Å². The van der Waals surface area contributed by atoms with Crippen LogP contribution in [-0.2, 0) is 12.8 Å². The van der Waals surface area contributed by atoms with Crippen LogP contribution in [0, 0.1) is 23.2 Å². The van der Waals surface area contributed by atoms with Gasteiger partial charge in [0.15, 0.2) is 0 Å². The fourth-order valence-corrected chi connectivity index (χ4v) is 7.42. The Kier molecular flexibility index (Phi) is 7.16. The molecule has 2 unspecified atom stereocenters. The van der Waals surface area contributed by atoms with Crippen molar-refractivity contribution in [2.45, 2.75) is 76.8 Å². The van der Waals surface area contributed by atoms with Crippen molar-refractivity contribution in [3.63, 3.8) is 0 Å². The number of pyridine rings is 1. The van der Waals surface area contributed by atoms with Crippen LogP contribution in [0.2, 0.25) is 0 Å². The summed E-state index contributed by atoms with van der Waals surface area (Å²) in [5, 5.41) is 17.1. The highest BCUT2D eigenvalue weighted by Gasteiger charge is 2.46. The summed E-state index contributed by atoms with van der Waals surface area (Å²) in [6.45, 7) is 3.69. The van der Waals surface area contributed by atoms with Gasteiger partial charge in [0.05, 0.1) is 34.8 Å². The van der Waals surface area contributed by atoms with E-state index in [9.17, 15) is 10.1 Å². The zero-order valence-corrected chi connectivity index (χ0v) is 23.6. The number of aromatic nitrogens is 1. The maximum absolute atomic E-state index is 13.4. The highest BCUT2D eigenvalue weighted by atomic mass is 16.2. The minimum Gasteiger partial charge on any atom is -0.337 e. The van der Waals surface area contributed by atoms with Crippen molar-refractivity contribution in [3.8, 4) is 6.07 Å². The van der Waals surface area contributed by atoms with Gasteiger partial charge >= 0.3 is 0 Å². The van der Waals surface area contributed by atoms with Crippen LogP contribution in [-0.4, -0.2) is 65.7 Å². The molecule has 1 amide bonds. The normalized spacial score (nSPS) is 23.5. The lowest BCUT2D eigenvalue weighted by atomic mass is 9.76. The van der Waals surface area contributed by atoms with Gasteiger partial charge < -0.3 is 9.80 Å². The van der Waals surface area contributed by atoms with Crippen LogP contribution < -0.4 is 5.01 Å². The molecule has 1 aromatic heterocycles. The van der Waals surface area contributed by atoms with Gasteiger partial charge in [0.2, 0.25) is 0 Å². The van der Waals surface area contributed by atoms with E-state index < -0.39 is 0 Å². The van der Waals surface area contributed by atoms with Gasteiger partial charge in [-0.15, -0.1) is 0 Å². The first kappa shape index (κ1) is 26.0. The number of hydrazone groups is 1. The van der Waals surface area contributed by atoms with Gasteiger partial charge in [-0.1, -0.05) is 19.8 Å². The molecule has 2 fully saturated rings. The minimum absolute atomic E-state index is 0.0561. The topological polar surface area (TPSA) is 75.8 Å². The zero-order chi connectivity index (χ0) is 27.1. The van der Waals surface area contributed by atoms with Crippen LogP contribution >= 0.6 is 0 Å². The molecule has 3 heterocycles. The van der Waals surface area contributed by atoms with Gasteiger partial charge in [0.1, 0.15) is 5.69 Å². The SMILES string of the molecule is CCc1cc(N2N=C3c4ccc(C(=O)N5CCC(N(C)C)CC5)nc4CCC3C2C2CCCC2)ccc1C#N. The molecule has 0 bridgehead atoms. The molecular weight excluding hydrogens is 484 g/mol. The molecule has 7 heteroatoms. The van der Waals surface area contributed by atoms with Crippen LogP contribution in [0.4, 0.5) is 5.69 Å². The number of fused-ring (bicyclic) bond motifs is 3. The highest BCUT2D eigenvalue weighted by Crippen LogP contribution is 2.44. The fraction of sp³-hybridized carbons (Fsp3) is 0.562. The molecule has 2 aromatic rings. The van der Waals surface area contributed by atoms with Crippen molar-refractivity contribution < 1.29 is 4.79 Å². The number of carbonyl (C=O) groups is 1. The molecule has 2 aliphatic heterocycles. The number of nitriles is 1. The molecule has 1 aromatic carbocycles. The van der Waals surface area contributed by atoms with E-state index in [2.05, 4.69) is 55.2 Å². The Morgan fingerprint density at radius 1 is 1.08 bits per heavy atom. The summed E-state index contributed by atoms with van der Waals surface area (Å²) in [7, 11) is 4.24. The number of rotatable bonds is 5. The summed E-state index contributed by atoms with van der Waals surface area (Å²) in [4.78, 5) is 22.5. The number of nitrogens with zero attached hydrogens (tertiary/aromatic N) is 6. The Morgan fingerprint density at radius 3 is 2.54 bits per heavy atom. The van der Waals surface area contributed by atoms with Crippen LogP contribution in [0.5, 0.6) is 0 Å². The van der Waals surface area contributed by atoms with E-state index in [0.717, 1.165) is 79.0 Å². The maximum atomic E-state index is 13.4. The number of benzene rings is 1. The van der Waals surface area contributed by atoms with Crippen molar-refractivity contribution in [3.05, 3.63) is 58.4 Å². The smallest absolute Gasteiger partial charge is 0.272 e. The van der Waals surface area contributed by atoms with Gasteiger partial charge in [-0.3, -0.25) is 9.80 Å². The van der Waals surface area contributed by atoms with E-state index in [1.807, 2.05) is 17.0 Å². The van der Waals surface area contributed by atoms with Gasteiger partial charge in [-0.25, -0.2) is 4.98 Å². The largest absolute Gasteiger partial charge is 0.337 e. The molecule has 4 aliphatic rings. The van der Waals surface area contributed by atoms with Crippen LogP contribution in [0.1, 0.15) is 84.7 Å². The molecule has 0 spiro atoms. The average Bonchev–Trinajstić information content (AvgIpc) is 3.64.